The van der Waals surface area contributed by atoms with Crippen LogP contribution < -0.4 is 10.6 Å². The van der Waals surface area contributed by atoms with E-state index in [1.807, 2.05) is 6.92 Å². The van der Waals surface area contributed by atoms with Crippen LogP contribution in [0.3, 0.4) is 0 Å². The Kier molecular flexibility index (Phi) is 6.44. The minimum absolute atomic E-state index is 0.0562. The fourth-order valence-electron chi connectivity index (χ4n) is 1.23. The molecular formula is C12H14BrFN2O3. The van der Waals surface area contributed by atoms with Crippen molar-refractivity contribution in [2.75, 3.05) is 25.1 Å². The van der Waals surface area contributed by atoms with Crippen molar-refractivity contribution in [2.24, 2.45) is 0 Å². The molecule has 0 aromatic heterocycles. The number of ether oxygens (including phenoxy) is 1. The van der Waals surface area contributed by atoms with Crippen LogP contribution in [0.2, 0.25) is 0 Å². The summed E-state index contributed by atoms with van der Waals surface area (Å²) < 4.78 is 19.0. The van der Waals surface area contributed by atoms with Gasteiger partial charge in [-0.1, -0.05) is 15.9 Å². The van der Waals surface area contributed by atoms with Crippen molar-refractivity contribution in [3.05, 3.63) is 28.5 Å². The van der Waals surface area contributed by atoms with Crippen molar-refractivity contribution in [3.63, 3.8) is 0 Å². The van der Waals surface area contributed by atoms with Crippen LogP contribution in [0.25, 0.3) is 0 Å². The second kappa shape index (κ2) is 7.85. The van der Waals surface area contributed by atoms with Crippen molar-refractivity contribution in [2.45, 2.75) is 6.92 Å². The van der Waals surface area contributed by atoms with Gasteiger partial charge in [0, 0.05) is 17.6 Å². The van der Waals surface area contributed by atoms with E-state index in [-0.39, 0.29) is 12.2 Å². The molecule has 0 bridgehead atoms. The predicted octanol–water partition coefficient (Wildman–Crippen LogP) is 1.68. The zero-order chi connectivity index (χ0) is 14.3. The summed E-state index contributed by atoms with van der Waals surface area (Å²) >= 11 is 3.15. The Bertz CT molecular complexity index is 468. The topological polar surface area (TPSA) is 67.4 Å². The van der Waals surface area contributed by atoms with E-state index < -0.39 is 17.6 Å². The van der Waals surface area contributed by atoms with Crippen molar-refractivity contribution in [1.82, 2.24) is 5.32 Å². The molecular weight excluding hydrogens is 319 g/mol. The SMILES string of the molecule is CCOCCNC(=O)C(=O)Nc1cc(Br)ccc1F. The molecule has 1 rings (SSSR count). The molecule has 0 unspecified atom stereocenters. The first-order chi connectivity index (χ1) is 9.04. The van der Waals surface area contributed by atoms with E-state index in [1.165, 1.54) is 18.2 Å². The molecule has 0 spiro atoms. The fourth-order valence-corrected chi connectivity index (χ4v) is 1.59. The van der Waals surface area contributed by atoms with Gasteiger partial charge in [-0.25, -0.2) is 4.39 Å². The predicted molar refractivity (Wildman–Crippen MR) is 72.2 cm³/mol. The summed E-state index contributed by atoms with van der Waals surface area (Å²) in [5.74, 6) is -2.37. The molecule has 0 radical (unpaired) electrons. The molecule has 5 nitrogen and oxygen atoms in total. The van der Waals surface area contributed by atoms with Crippen LogP contribution in [0.1, 0.15) is 6.92 Å². The Morgan fingerprint density at radius 3 is 2.79 bits per heavy atom. The molecule has 0 aliphatic carbocycles. The Balaban J connectivity index is 2.49. The number of nitrogens with one attached hydrogen (secondary N) is 2. The van der Waals surface area contributed by atoms with E-state index in [0.717, 1.165) is 0 Å². The van der Waals surface area contributed by atoms with Gasteiger partial charge < -0.3 is 15.4 Å². The van der Waals surface area contributed by atoms with Gasteiger partial charge in [-0.05, 0) is 25.1 Å². The normalized spacial score (nSPS) is 10.1. The maximum absolute atomic E-state index is 13.4. The van der Waals surface area contributed by atoms with Gasteiger partial charge in [0.25, 0.3) is 0 Å². The van der Waals surface area contributed by atoms with Gasteiger partial charge in [0.1, 0.15) is 5.82 Å². The van der Waals surface area contributed by atoms with Crippen LogP contribution in [0.5, 0.6) is 0 Å². The van der Waals surface area contributed by atoms with Crippen molar-refractivity contribution >= 4 is 33.4 Å². The van der Waals surface area contributed by atoms with Crippen molar-refractivity contribution < 1.29 is 18.7 Å². The molecule has 0 fully saturated rings. The largest absolute Gasteiger partial charge is 0.380 e. The summed E-state index contributed by atoms with van der Waals surface area (Å²) in [6.45, 7) is 2.90. The molecule has 0 heterocycles. The standard InChI is InChI=1S/C12H14BrFN2O3/c1-2-19-6-5-15-11(17)12(18)16-10-7-8(13)3-4-9(10)14/h3-4,7H,2,5-6H2,1H3,(H,15,17)(H,16,18). The summed E-state index contributed by atoms with van der Waals surface area (Å²) in [6, 6.07) is 4.06. The molecule has 0 atom stereocenters. The number of hydrogen-bond acceptors (Lipinski definition) is 3. The number of amides is 2. The summed E-state index contributed by atoms with van der Waals surface area (Å²) in [5.41, 5.74) is -0.0562. The Hall–Kier alpha value is -1.47. The van der Waals surface area contributed by atoms with E-state index >= 15 is 0 Å². The van der Waals surface area contributed by atoms with Gasteiger partial charge in [0.15, 0.2) is 0 Å². The molecule has 2 amide bonds. The molecule has 1 aromatic rings. The number of benzene rings is 1. The lowest BCUT2D eigenvalue weighted by atomic mass is 10.3. The van der Waals surface area contributed by atoms with Gasteiger partial charge in [-0.3, -0.25) is 9.59 Å². The van der Waals surface area contributed by atoms with E-state index in [4.69, 9.17) is 4.74 Å². The van der Waals surface area contributed by atoms with E-state index in [9.17, 15) is 14.0 Å². The van der Waals surface area contributed by atoms with Crippen LogP contribution >= 0.6 is 15.9 Å². The van der Waals surface area contributed by atoms with E-state index in [1.54, 1.807) is 0 Å². The fraction of sp³-hybridized carbons (Fsp3) is 0.333. The van der Waals surface area contributed by atoms with Crippen molar-refractivity contribution in [3.8, 4) is 0 Å². The van der Waals surface area contributed by atoms with E-state index in [0.29, 0.717) is 17.7 Å². The minimum Gasteiger partial charge on any atom is -0.380 e. The number of anilines is 1. The minimum atomic E-state index is -0.923. The summed E-state index contributed by atoms with van der Waals surface area (Å²) in [7, 11) is 0. The first-order valence-corrected chi connectivity index (χ1v) is 6.46. The van der Waals surface area contributed by atoms with Crippen molar-refractivity contribution in [1.29, 1.82) is 0 Å². The number of hydrogen-bond donors (Lipinski definition) is 2. The smallest absolute Gasteiger partial charge is 0.313 e. The lowest BCUT2D eigenvalue weighted by molar-refractivity contribution is -0.136. The van der Waals surface area contributed by atoms with Gasteiger partial charge >= 0.3 is 11.8 Å². The zero-order valence-electron chi connectivity index (χ0n) is 10.3. The van der Waals surface area contributed by atoms with Gasteiger partial charge in [0.2, 0.25) is 0 Å². The average Bonchev–Trinajstić information content (AvgIpc) is 2.38. The van der Waals surface area contributed by atoms with Gasteiger partial charge in [-0.2, -0.15) is 0 Å². The highest BCUT2D eigenvalue weighted by molar-refractivity contribution is 9.10. The summed E-state index contributed by atoms with van der Waals surface area (Å²) in [5, 5.41) is 4.56. The van der Waals surface area contributed by atoms with E-state index in [2.05, 4.69) is 26.6 Å². The van der Waals surface area contributed by atoms with Gasteiger partial charge in [0.05, 0.1) is 12.3 Å². The summed E-state index contributed by atoms with van der Waals surface area (Å²) in [6.07, 6.45) is 0. The van der Waals surface area contributed by atoms with Crippen LogP contribution in [-0.2, 0) is 14.3 Å². The number of carbonyl (C=O) groups is 2. The quantitative estimate of drug-likeness (QED) is 0.636. The molecule has 19 heavy (non-hydrogen) atoms. The highest BCUT2D eigenvalue weighted by Gasteiger charge is 2.15. The monoisotopic (exact) mass is 332 g/mol. The van der Waals surface area contributed by atoms with Crippen LogP contribution in [0.15, 0.2) is 22.7 Å². The van der Waals surface area contributed by atoms with Gasteiger partial charge in [-0.15, -0.1) is 0 Å². The highest BCUT2D eigenvalue weighted by Crippen LogP contribution is 2.19. The lowest BCUT2D eigenvalue weighted by Crippen LogP contribution is -2.37. The molecule has 2 N–H and O–H groups in total. The first-order valence-electron chi connectivity index (χ1n) is 5.66. The van der Waals surface area contributed by atoms with Crippen LogP contribution in [-0.4, -0.2) is 31.6 Å². The second-order valence-corrected chi connectivity index (χ2v) is 4.45. The maximum Gasteiger partial charge on any atom is 0.313 e. The Morgan fingerprint density at radius 2 is 2.11 bits per heavy atom. The zero-order valence-corrected chi connectivity index (χ0v) is 11.9. The molecule has 0 saturated carbocycles. The lowest BCUT2D eigenvalue weighted by Gasteiger charge is -2.07. The molecule has 0 aliphatic heterocycles. The highest BCUT2D eigenvalue weighted by atomic mass is 79.9. The molecule has 7 heteroatoms. The molecule has 104 valence electrons. The Labute approximate surface area is 118 Å². The number of halogens is 2. The molecule has 1 aromatic carbocycles. The van der Waals surface area contributed by atoms with Crippen LogP contribution in [0, 0.1) is 5.82 Å². The molecule has 0 saturated heterocycles. The van der Waals surface area contributed by atoms with Crippen LogP contribution in [0.4, 0.5) is 10.1 Å². The molecule has 0 aliphatic rings. The third-order valence-electron chi connectivity index (χ3n) is 2.12. The summed E-state index contributed by atoms with van der Waals surface area (Å²) in [4.78, 5) is 22.9. The average molecular weight is 333 g/mol. The third kappa shape index (κ3) is 5.35. The maximum atomic E-state index is 13.4. The first kappa shape index (κ1) is 15.6. The number of rotatable bonds is 5. The third-order valence-corrected chi connectivity index (χ3v) is 2.61. The Morgan fingerprint density at radius 1 is 1.37 bits per heavy atom. The second-order valence-electron chi connectivity index (χ2n) is 3.53. The number of carbonyl (C=O) groups excluding carboxylic acids is 2.